The van der Waals surface area contributed by atoms with Gasteiger partial charge in [0.1, 0.15) is 0 Å². The minimum absolute atomic E-state index is 0.0451. The summed E-state index contributed by atoms with van der Waals surface area (Å²) in [4.78, 5) is 1.31. The fraction of sp³-hybridized carbons (Fsp3) is 0.667. The van der Waals surface area contributed by atoms with E-state index in [1.165, 1.54) is 47.5 Å². The first-order chi connectivity index (χ1) is 6.70. The molecule has 2 rings (SSSR count). The molecule has 0 radical (unpaired) electrons. The number of hydrogen-bond donors (Lipinski definition) is 0. The van der Waals surface area contributed by atoms with Gasteiger partial charge in [-0.3, -0.25) is 0 Å². The van der Waals surface area contributed by atoms with Crippen LogP contribution in [0.1, 0.15) is 54.5 Å². The van der Waals surface area contributed by atoms with Crippen LogP contribution in [0, 0.1) is 12.1 Å². The topological polar surface area (TPSA) is 0 Å². The molecular formula is C12H17FS. The minimum Gasteiger partial charge on any atom is -0.195 e. The minimum atomic E-state index is 0.0451. The van der Waals surface area contributed by atoms with Crippen molar-refractivity contribution in [1.29, 1.82) is 0 Å². The fourth-order valence-electron chi connectivity index (χ4n) is 2.44. The van der Waals surface area contributed by atoms with E-state index in [0.717, 1.165) is 12.0 Å². The number of hydrogen-bond acceptors (Lipinski definition) is 1. The first-order valence-electron chi connectivity index (χ1n) is 5.48. The molecule has 0 saturated heterocycles. The Labute approximate surface area is 89.2 Å². The zero-order valence-electron chi connectivity index (χ0n) is 8.90. The molecule has 0 spiro atoms. The Morgan fingerprint density at radius 2 is 2.07 bits per heavy atom. The molecule has 0 nitrogen and oxygen atoms in total. The molecule has 14 heavy (non-hydrogen) atoms. The van der Waals surface area contributed by atoms with Gasteiger partial charge in [-0.1, -0.05) is 19.8 Å². The van der Waals surface area contributed by atoms with Crippen LogP contribution in [-0.2, 0) is 6.42 Å². The van der Waals surface area contributed by atoms with Gasteiger partial charge in [0.2, 0.25) is 0 Å². The Morgan fingerprint density at radius 3 is 2.86 bits per heavy atom. The van der Waals surface area contributed by atoms with E-state index in [4.69, 9.17) is 0 Å². The second-order valence-electron chi connectivity index (χ2n) is 4.34. The molecule has 0 fully saturated rings. The summed E-state index contributed by atoms with van der Waals surface area (Å²) >= 11 is 1.38. The van der Waals surface area contributed by atoms with Gasteiger partial charge in [-0.05, 0) is 43.2 Å². The highest BCUT2D eigenvalue weighted by atomic mass is 32.1. The van der Waals surface area contributed by atoms with Crippen LogP contribution in [0.2, 0.25) is 0 Å². The average Bonchev–Trinajstić information content (AvgIpc) is 2.39. The van der Waals surface area contributed by atoms with E-state index in [-0.39, 0.29) is 5.13 Å². The number of fused-ring (bicyclic) bond motifs is 1. The molecule has 78 valence electrons. The average molecular weight is 212 g/mol. The molecule has 2 heteroatoms. The van der Waals surface area contributed by atoms with Crippen molar-refractivity contribution in [3.05, 3.63) is 21.1 Å². The largest absolute Gasteiger partial charge is 0.195 e. The third-order valence-electron chi connectivity index (χ3n) is 3.25. The number of thiophene rings is 1. The van der Waals surface area contributed by atoms with E-state index in [1.54, 1.807) is 0 Å². The molecule has 1 aliphatic carbocycles. The van der Waals surface area contributed by atoms with Gasteiger partial charge in [-0.2, -0.15) is 4.39 Å². The summed E-state index contributed by atoms with van der Waals surface area (Å²) in [6, 6.07) is 0. The molecule has 1 heterocycles. The molecule has 0 saturated carbocycles. The molecule has 1 unspecified atom stereocenters. The van der Waals surface area contributed by atoms with E-state index in [0.29, 0.717) is 5.92 Å². The lowest BCUT2D eigenvalue weighted by atomic mass is 9.89. The maximum atomic E-state index is 13.5. The lowest BCUT2D eigenvalue weighted by Crippen LogP contribution is -2.02. The first kappa shape index (κ1) is 10.2. The number of aryl methyl sites for hydroxylation is 1. The molecule has 0 aromatic carbocycles. The summed E-state index contributed by atoms with van der Waals surface area (Å²) in [7, 11) is 0. The summed E-state index contributed by atoms with van der Waals surface area (Å²) in [6.45, 7) is 4.17. The zero-order chi connectivity index (χ0) is 10.1. The fourth-order valence-corrected chi connectivity index (χ4v) is 3.63. The normalized spacial score (nSPS) is 22.6. The molecule has 1 aromatic rings. The predicted molar refractivity (Wildman–Crippen MR) is 59.6 cm³/mol. The smallest absolute Gasteiger partial charge is 0.179 e. The number of rotatable bonds is 0. The first-order valence-corrected chi connectivity index (χ1v) is 6.29. The van der Waals surface area contributed by atoms with Gasteiger partial charge in [0.05, 0.1) is 0 Å². The van der Waals surface area contributed by atoms with E-state index in [2.05, 4.69) is 6.92 Å². The molecule has 1 aromatic heterocycles. The van der Waals surface area contributed by atoms with Gasteiger partial charge in [-0.25, -0.2) is 0 Å². The van der Waals surface area contributed by atoms with E-state index < -0.39 is 0 Å². The Morgan fingerprint density at radius 1 is 1.29 bits per heavy atom. The van der Waals surface area contributed by atoms with E-state index in [1.807, 2.05) is 6.92 Å². The second kappa shape index (κ2) is 4.01. The van der Waals surface area contributed by atoms with Crippen LogP contribution in [0.5, 0.6) is 0 Å². The zero-order valence-corrected chi connectivity index (χ0v) is 9.72. The maximum Gasteiger partial charge on any atom is 0.179 e. The van der Waals surface area contributed by atoms with Crippen molar-refractivity contribution >= 4 is 11.3 Å². The van der Waals surface area contributed by atoms with Crippen LogP contribution in [-0.4, -0.2) is 0 Å². The molecule has 0 amide bonds. The third-order valence-corrected chi connectivity index (χ3v) is 4.40. The van der Waals surface area contributed by atoms with Crippen LogP contribution < -0.4 is 0 Å². The van der Waals surface area contributed by atoms with Gasteiger partial charge in [-0.15, -0.1) is 11.3 Å². The predicted octanol–water partition coefficient (Wildman–Crippen LogP) is 4.42. The Bertz CT molecular complexity index is 327. The summed E-state index contributed by atoms with van der Waals surface area (Å²) in [6.07, 6.45) is 6.16. The molecule has 0 N–H and O–H groups in total. The quantitative estimate of drug-likeness (QED) is 0.597. The maximum absolute atomic E-state index is 13.5. The Balaban J connectivity index is 2.41. The highest BCUT2D eigenvalue weighted by Gasteiger charge is 2.20. The van der Waals surface area contributed by atoms with Gasteiger partial charge in [0.15, 0.2) is 5.13 Å². The van der Waals surface area contributed by atoms with Crippen molar-refractivity contribution in [1.82, 2.24) is 0 Å². The monoisotopic (exact) mass is 212 g/mol. The third kappa shape index (κ3) is 1.72. The van der Waals surface area contributed by atoms with Crippen molar-refractivity contribution in [3.63, 3.8) is 0 Å². The Kier molecular flexibility index (Phi) is 2.91. The molecule has 0 bridgehead atoms. The van der Waals surface area contributed by atoms with Crippen LogP contribution >= 0.6 is 11.3 Å². The SMILES string of the molecule is Cc1c(F)sc2c1C(C)CCCCC2. The van der Waals surface area contributed by atoms with Crippen molar-refractivity contribution < 1.29 is 4.39 Å². The van der Waals surface area contributed by atoms with Gasteiger partial charge in [0, 0.05) is 4.88 Å². The lowest BCUT2D eigenvalue weighted by Gasteiger charge is -2.17. The summed E-state index contributed by atoms with van der Waals surface area (Å²) < 4.78 is 13.5. The van der Waals surface area contributed by atoms with Crippen LogP contribution in [0.3, 0.4) is 0 Å². The highest BCUT2D eigenvalue weighted by Crippen LogP contribution is 2.37. The van der Waals surface area contributed by atoms with Gasteiger partial charge < -0.3 is 0 Å². The number of halogens is 1. The van der Waals surface area contributed by atoms with Crippen molar-refractivity contribution in [2.24, 2.45) is 0 Å². The summed E-state index contributed by atoms with van der Waals surface area (Å²) in [5.41, 5.74) is 2.24. The van der Waals surface area contributed by atoms with Crippen LogP contribution in [0.4, 0.5) is 4.39 Å². The molecule has 1 atom stereocenters. The van der Waals surface area contributed by atoms with E-state index in [9.17, 15) is 4.39 Å². The van der Waals surface area contributed by atoms with E-state index >= 15 is 0 Å². The van der Waals surface area contributed by atoms with Crippen LogP contribution in [0.15, 0.2) is 0 Å². The molecular weight excluding hydrogens is 195 g/mol. The van der Waals surface area contributed by atoms with Crippen molar-refractivity contribution in [2.75, 3.05) is 0 Å². The lowest BCUT2D eigenvalue weighted by molar-refractivity contribution is 0.559. The van der Waals surface area contributed by atoms with Crippen molar-refractivity contribution in [3.8, 4) is 0 Å². The molecule has 1 aliphatic rings. The Hall–Kier alpha value is -0.370. The molecule has 0 aliphatic heterocycles. The van der Waals surface area contributed by atoms with Crippen molar-refractivity contribution in [2.45, 2.75) is 51.9 Å². The highest BCUT2D eigenvalue weighted by molar-refractivity contribution is 7.10. The van der Waals surface area contributed by atoms with Gasteiger partial charge in [0.25, 0.3) is 0 Å². The van der Waals surface area contributed by atoms with Gasteiger partial charge >= 0.3 is 0 Å². The summed E-state index contributed by atoms with van der Waals surface area (Å²) in [5.74, 6) is 0.561. The standard InChI is InChI=1S/C12H17FS/c1-8-6-4-3-5-7-10-11(8)9(2)12(13)14-10/h8H,3-7H2,1-2H3. The summed E-state index contributed by atoms with van der Waals surface area (Å²) in [5, 5.41) is 0.0451. The second-order valence-corrected chi connectivity index (χ2v) is 5.39. The van der Waals surface area contributed by atoms with Crippen LogP contribution in [0.25, 0.3) is 0 Å².